The average molecular weight is 286 g/mol. The number of aryl methyl sites for hydroxylation is 1. The number of carbonyl (C=O) groups is 2. The zero-order valence-electron chi connectivity index (χ0n) is 11.3. The van der Waals surface area contributed by atoms with E-state index in [1.165, 1.54) is 24.4 Å². The van der Waals surface area contributed by atoms with E-state index in [1.54, 1.807) is 12.1 Å². The molecule has 1 aromatic heterocycles. The highest BCUT2D eigenvalue weighted by Gasteiger charge is 2.11. The minimum atomic E-state index is -0.969. The quantitative estimate of drug-likeness (QED) is 0.798. The van der Waals surface area contributed by atoms with Gasteiger partial charge >= 0.3 is 5.97 Å². The Hall–Kier alpha value is -2.89. The first-order valence-electron chi connectivity index (χ1n) is 6.23. The molecule has 108 valence electrons. The second-order valence-electron chi connectivity index (χ2n) is 4.58. The molecule has 2 rings (SSSR count). The van der Waals surface area contributed by atoms with Crippen molar-refractivity contribution in [3.05, 3.63) is 53.3 Å². The van der Waals surface area contributed by atoms with Gasteiger partial charge in [0.15, 0.2) is 0 Å². The fourth-order valence-corrected chi connectivity index (χ4v) is 1.79. The minimum absolute atomic E-state index is 0.0945. The maximum atomic E-state index is 12.0. The summed E-state index contributed by atoms with van der Waals surface area (Å²) < 4.78 is 0. The molecule has 0 radical (unpaired) electrons. The minimum Gasteiger partial charge on any atom is -0.507 e. The molecule has 0 unspecified atom stereocenters. The molecule has 6 heteroatoms. The third-order valence-electron chi connectivity index (χ3n) is 2.81. The molecule has 0 aliphatic rings. The Morgan fingerprint density at radius 3 is 2.57 bits per heavy atom. The Bertz CT molecular complexity index is 681. The number of aliphatic carboxylic acids is 1. The number of aromatic hydroxyl groups is 1. The number of pyridine rings is 1. The molecular weight excluding hydrogens is 272 g/mol. The molecule has 21 heavy (non-hydrogen) atoms. The number of carboxylic acids is 1. The van der Waals surface area contributed by atoms with Crippen LogP contribution in [0.5, 0.6) is 5.75 Å². The molecule has 1 aromatic carbocycles. The Morgan fingerprint density at radius 2 is 2.00 bits per heavy atom. The standard InChI is InChI=1S/C15H14N2O4/c1-9-2-5-12(13(18)6-9)15(21)17-11-4-3-10(16-8-11)7-14(19)20/h2-6,8,18H,7H2,1H3,(H,17,21)(H,19,20). The first kappa shape index (κ1) is 14.5. The Labute approximate surface area is 121 Å². The summed E-state index contributed by atoms with van der Waals surface area (Å²) in [4.78, 5) is 26.5. The van der Waals surface area contributed by atoms with Crippen LogP contribution in [0.3, 0.4) is 0 Å². The highest BCUT2D eigenvalue weighted by atomic mass is 16.4. The van der Waals surface area contributed by atoms with E-state index in [0.29, 0.717) is 11.4 Å². The number of aromatic nitrogens is 1. The van der Waals surface area contributed by atoms with Crippen LogP contribution in [0.25, 0.3) is 0 Å². The summed E-state index contributed by atoms with van der Waals surface area (Å²) in [7, 11) is 0. The van der Waals surface area contributed by atoms with E-state index in [2.05, 4.69) is 10.3 Å². The number of nitrogens with zero attached hydrogens (tertiary/aromatic N) is 1. The lowest BCUT2D eigenvalue weighted by molar-refractivity contribution is -0.136. The summed E-state index contributed by atoms with van der Waals surface area (Å²) in [5.74, 6) is -1.52. The van der Waals surface area contributed by atoms with Gasteiger partial charge in [-0.25, -0.2) is 0 Å². The van der Waals surface area contributed by atoms with Crippen LogP contribution in [0, 0.1) is 6.92 Å². The van der Waals surface area contributed by atoms with Crippen LogP contribution in [-0.4, -0.2) is 27.1 Å². The van der Waals surface area contributed by atoms with Crippen molar-refractivity contribution in [1.29, 1.82) is 0 Å². The van der Waals surface area contributed by atoms with Gasteiger partial charge in [-0.3, -0.25) is 14.6 Å². The number of carbonyl (C=O) groups excluding carboxylic acids is 1. The lowest BCUT2D eigenvalue weighted by Crippen LogP contribution is -2.12. The Morgan fingerprint density at radius 1 is 1.24 bits per heavy atom. The van der Waals surface area contributed by atoms with E-state index < -0.39 is 11.9 Å². The van der Waals surface area contributed by atoms with Gasteiger partial charge in [0.25, 0.3) is 5.91 Å². The maximum absolute atomic E-state index is 12.0. The van der Waals surface area contributed by atoms with Gasteiger partial charge in [-0.15, -0.1) is 0 Å². The zero-order valence-corrected chi connectivity index (χ0v) is 11.3. The van der Waals surface area contributed by atoms with Crippen molar-refractivity contribution >= 4 is 17.6 Å². The molecule has 0 saturated heterocycles. The molecule has 1 amide bonds. The summed E-state index contributed by atoms with van der Waals surface area (Å²) >= 11 is 0. The van der Waals surface area contributed by atoms with Crippen LogP contribution in [0.1, 0.15) is 21.6 Å². The maximum Gasteiger partial charge on any atom is 0.309 e. The molecular formula is C15H14N2O4. The topological polar surface area (TPSA) is 99.5 Å². The van der Waals surface area contributed by atoms with Crippen molar-refractivity contribution in [3.8, 4) is 5.75 Å². The number of anilines is 1. The largest absolute Gasteiger partial charge is 0.507 e. The van der Waals surface area contributed by atoms with E-state index >= 15 is 0 Å². The van der Waals surface area contributed by atoms with E-state index in [1.807, 2.05) is 6.92 Å². The fraction of sp³-hybridized carbons (Fsp3) is 0.133. The number of phenolic OH excluding ortho intramolecular Hbond substituents is 1. The normalized spacial score (nSPS) is 10.1. The number of hydrogen-bond donors (Lipinski definition) is 3. The number of phenols is 1. The second-order valence-corrected chi connectivity index (χ2v) is 4.58. The highest BCUT2D eigenvalue weighted by molar-refractivity contribution is 6.06. The van der Waals surface area contributed by atoms with Gasteiger partial charge < -0.3 is 15.5 Å². The van der Waals surface area contributed by atoms with Crippen molar-refractivity contribution in [3.63, 3.8) is 0 Å². The lowest BCUT2D eigenvalue weighted by atomic mass is 10.1. The highest BCUT2D eigenvalue weighted by Crippen LogP contribution is 2.19. The van der Waals surface area contributed by atoms with Gasteiger partial charge in [-0.1, -0.05) is 6.07 Å². The summed E-state index contributed by atoms with van der Waals surface area (Å²) in [5, 5.41) is 21.0. The Balaban J connectivity index is 2.10. The van der Waals surface area contributed by atoms with E-state index in [9.17, 15) is 14.7 Å². The van der Waals surface area contributed by atoms with Crippen LogP contribution >= 0.6 is 0 Å². The van der Waals surface area contributed by atoms with E-state index in [0.717, 1.165) is 5.56 Å². The van der Waals surface area contributed by atoms with E-state index in [4.69, 9.17) is 5.11 Å². The number of carboxylic acid groups (broad SMARTS) is 1. The van der Waals surface area contributed by atoms with Gasteiger partial charge in [0.1, 0.15) is 5.75 Å². The van der Waals surface area contributed by atoms with Crippen LogP contribution in [0.2, 0.25) is 0 Å². The first-order chi connectivity index (χ1) is 9.95. The number of benzene rings is 1. The van der Waals surface area contributed by atoms with Gasteiger partial charge in [-0.05, 0) is 36.8 Å². The smallest absolute Gasteiger partial charge is 0.309 e. The van der Waals surface area contributed by atoms with Crippen molar-refractivity contribution < 1.29 is 19.8 Å². The molecule has 0 aliphatic carbocycles. The summed E-state index contributed by atoms with van der Waals surface area (Å²) in [6.45, 7) is 1.81. The summed E-state index contributed by atoms with van der Waals surface area (Å²) in [6, 6.07) is 7.85. The van der Waals surface area contributed by atoms with Crippen LogP contribution < -0.4 is 5.32 Å². The van der Waals surface area contributed by atoms with Crippen molar-refractivity contribution in [2.45, 2.75) is 13.3 Å². The molecule has 0 saturated carbocycles. The number of nitrogens with one attached hydrogen (secondary N) is 1. The summed E-state index contributed by atoms with van der Waals surface area (Å²) in [5.41, 5.74) is 1.84. The second kappa shape index (κ2) is 6.04. The van der Waals surface area contributed by atoms with Gasteiger partial charge in [0.05, 0.1) is 29.6 Å². The average Bonchev–Trinajstić information content (AvgIpc) is 2.40. The van der Waals surface area contributed by atoms with Crippen LogP contribution in [0.4, 0.5) is 5.69 Å². The SMILES string of the molecule is Cc1ccc(C(=O)Nc2ccc(CC(=O)O)nc2)c(O)c1. The molecule has 0 fully saturated rings. The molecule has 3 N–H and O–H groups in total. The third-order valence-corrected chi connectivity index (χ3v) is 2.81. The molecule has 6 nitrogen and oxygen atoms in total. The van der Waals surface area contributed by atoms with Crippen molar-refractivity contribution in [2.75, 3.05) is 5.32 Å². The van der Waals surface area contributed by atoms with E-state index in [-0.39, 0.29) is 17.7 Å². The molecule has 1 heterocycles. The molecule has 0 aliphatic heterocycles. The summed E-state index contributed by atoms with van der Waals surface area (Å²) in [6.07, 6.45) is 1.20. The zero-order chi connectivity index (χ0) is 15.4. The van der Waals surface area contributed by atoms with Crippen LogP contribution in [-0.2, 0) is 11.2 Å². The number of rotatable bonds is 4. The van der Waals surface area contributed by atoms with Gasteiger partial charge in [0, 0.05) is 0 Å². The molecule has 0 bridgehead atoms. The molecule has 0 spiro atoms. The number of amides is 1. The lowest BCUT2D eigenvalue weighted by Gasteiger charge is -2.07. The first-order valence-corrected chi connectivity index (χ1v) is 6.23. The van der Waals surface area contributed by atoms with Crippen molar-refractivity contribution in [2.24, 2.45) is 0 Å². The molecule has 2 aromatic rings. The molecule has 0 atom stereocenters. The van der Waals surface area contributed by atoms with Crippen molar-refractivity contribution in [1.82, 2.24) is 4.98 Å². The van der Waals surface area contributed by atoms with Crippen LogP contribution in [0.15, 0.2) is 36.5 Å². The predicted octanol–water partition coefficient (Wildman–Crippen LogP) is 1.98. The predicted molar refractivity (Wildman–Crippen MR) is 76.4 cm³/mol. The van der Waals surface area contributed by atoms with Gasteiger partial charge in [-0.2, -0.15) is 0 Å². The fourth-order valence-electron chi connectivity index (χ4n) is 1.79. The monoisotopic (exact) mass is 286 g/mol. The van der Waals surface area contributed by atoms with Gasteiger partial charge in [0.2, 0.25) is 0 Å². The number of hydrogen-bond acceptors (Lipinski definition) is 4. The Kier molecular flexibility index (Phi) is 4.18. The third kappa shape index (κ3) is 3.79.